The maximum absolute atomic E-state index is 5.50. The van der Waals surface area contributed by atoms with Gasteiger partial charge >= 0.3 is 0 Å². The highest BCUT2D eigenvalue weighted by atomic mass is 16.5. The van der Waals surface area contributed by atoms with E-state index in [4.69, 9.17) is 10.5 Å². The van der Waals surface area contributed by atoms with E-state index in [0.29, 0.717) is 11.6 Å². The van der Waals surface area contributed by atoms with Gasteiger partial charge in [0.2, 0.25) is 0 Å². The Labute approximate surface area is 73.6 Å². The minimum Gasteiger partial charge on any atom is -0.493 e. The van der Waals surface area contributed by atoms with Gasteiger partial charge in [0.05, 0.1) is 7.11 Å². The molecule has 0 aliphatic carbocycles. The number of hydrogen-bond acceptors (Lipinski definition) is 3. The van der Waals surface area contributed by atoms with Crippen LogP contribution in [0.1, 0.15) is 19.4 Å². The van der Waals surface area contributed by atoms with Gasteiger partial charge in [-0.05, 0) is 18.6 Å². The van der Waals surface area contributed by atoms with Gasteiger partial charge in [-0.15, -0.1) is 0 Å². The third-order valence-corrected chi connectivity index (χ3v) is 1.33. The number of hydrogen-bond donors (Lipinski definition) is 1. The quantitative estimate of drug-likeness (QED) is 0.697. The molecule has 0 atom stereocenters. The number of aromatic nitrogens is 1. The SMILES string of the molecule is CC.COc1c(C)ccnc1N. The van der Waals surface area contributed by atoms with E-state index in [1.54, 1.807) is 13.3 Å². The average Bonchev–Trinajstić information content (AvgIpc) is 2.08. The maximum atomic E-state index is 5.50. The van der Waals surface area contributed by atoms with Crippen molar-refractivity contribution < 1.29 is 4.74 Å². The highest BCUT2D eigenvalue weighted by Gasteiger charge is 2.00. The molecule has 12 heavy (non-hydrogen) atoms. The molecule has 0 amide bonds. The monoisotopic (exact) mass is 168 g/mol. The van der Waals surface area contributed by atoms with Crippen molar-refractivity contribution in [1.29, 1.82) is 0 Å². The van der Waals surface area contributed by atoms with Gasteiger partial charge in [-0.3, -0.25) is 0 Å². The number of nitrogens with zero attached hydrogens (tertiary/aromatic N) is 1. The molecule has 0 spiro atoms. The minimum atomic E-state index is 0.447. The fraction of sp³-hybridized carbons (Fsp3) is 0.444. The second kappa shape index (κ2) is 5.41. The van der Waals surface area contributed by atoms with E-state index in [2.05, 4.69) is 4.98 Å². The first-order chi connectivity index (χ1) is 5.75. The molecule has 2 N–H and O–H groups in total. The molecule has 0 bridgehead atoms. The van der Waals surface area contributed by atoms with Crippen molar-refractivity contribution in [3.8, 4) is 5.75 Å². The van der Waals surface area contributed by atoms with Crippen LogP contribution >= 0.6 is 0 Å². The van der Waals surface area contributed by atoms with Crippen molar-refractivity contribution in [1.82, 2.24) is 4.98 Å². The van der Waals surface area contributed by atoms with Crippen molar-refractivity contribution in [3.63, 3.8) is 0 Å². The van der Waals surface area contributed by atoms with Crippen LogP contribution in [0.15, 0.2) is 12.3 Å². The summed E-state index contributed by atoms with van der Waals surface area (Å²) in [5.74, 6) is 1.12. The molecule has 0 fully saturated rings. The minimum absolute atomic E-state index is 0.447. The van der Waals surface area contributed by atoms with Gasteiger partial charge in [-0.2, -0.15) is 0 Å². The maximum Gasteiger partial charge on any atom is 0.166 e. The summed E-state index contributed by atoms with van der Waals surface area (Å²) in [5, 5.41) is 0. The Bertz CT molecular complexity index is 216. The fourth-order valence-corrected chi connectivity index (χ4v) is 0.831. The van der Waals surface area contributed by atoms with Crippen LogP contribution in [-0.4, -0.2) is 12.1 Å². The summed E-state index contributed by atoms with van der Waals surface area (Å²) in [6.45, 7) is 5.93. The van der Waals surface area contributed by atoms with Gasteiger partial charge in [-0.25, -0.2) is 4.98 Å². The smallest absolute Gasteiger partial charge is 0.166 e. The molecular weight excluding hydrogens is 152 g/mol. The first kappa shape index (κ1) is 10.8. The third-order valence-electron chi connectivity index (χ3n) is 1.33. The second-order valence-electron chi connectivity index (χ2n) is 2.05. The lowest BCUT2D eigenvalue weighted by Gasteiger charge is -2.04. The lowest BCUT2D eigenvalue weighted by atomic mass is 10.3. The Morgan fingerprint density at radius 1 is 1.42 bits per heavy atom. The van der Waals surface area contributed by atoms with Crippen LogP contribution in [0.4, 0.5) is 5.82 Å². The Morgan fingerprint density at radius 3 is 2.33 bits per heavy atom. The molecule has 3 nitrogen and oxygen atoms in total. The number of pyridine rings is 1. The summed E-state index contributed by atoms with van der Waals surface area (Å²) in [4.78, 5) is 3.86. The summed E-state index contributed by atoms with van der Waals surface area (Å²) in [7, 11) is 1.58. The zero-order valence-electron chi connectivity index (χ0n) is 8.09. The summed E-state index contributed by atoms with van der Waals surface area (Å²) >= 11 is 0. The lowest BCUT2D eigenvalue weighted by Crippen LogP contribution is -1.96. The Hall–Kier alpha value is -1.25. The number of methoxy groups -OCH3 is 1. The Kier molecular flexibility index (Phi) is 4.84. The molecule has 1 rings (SSSR count). The summed E-state index contributed by atoms with van der Waals surface area (Å²) in [6, 6.07) is 1.86. The first-order valence-electron chi connectivity index (χ1n) is 4.00. The van der Waals surface area contributed by atoms with Gasteiger partial charge in [0.25, 0.3) is 0 Å². The highest BCUT2D eigenvalue weighted by molar-refractivity contribution is 5.49. The third kappa shape index (κ3) is 2.42. The molecule has 0 aliphatic heterocycles. The molecule has 3 heteroatoms. The first-order valence-corrected chi connectivity index (χ1v) is 4.00. The van der Waals surface area contributed by atoms with Crippen LogP contribution in [0.25, 0.3) is 0 Å². The molecule has 1 aromatic heterocycles. The van der Waals surface area contributed by atoms with Crippen LogP contribution in [0.3, 0.4) is 0 Å². The number of rotatable bonds is 1. The van der Waals surface area contributed by atoms with Gasteiger partial charge in [0, 0.05) is 6.20 Å². The lowest BCUT2D eigenvalue weighted by molar-refractivity contribution is 0.412. The average molecular weight is 168 g/mol. The van der Waals surface area contributed by atoms with E-state index in [9.17, 15) is 0 Å². The number of anilines is 1. The van der Waals surface area contributed by atoms with E-state index in [1.165, 1.54) is 0 Å². The van der Waals surface area contributed by atoms with Crippen molar-refractivity contribution in [2.45, 2.75) is 20.8 Å². The topological polar surface area (TPSA) is 48.1 Å². The van der Waals surface area contributed by atoms with E-state index in [-0.39, 0.29) is 0 Å². The van der Waals surface area contributed by atoms with Crippen molar-refractivity contribution in [3.05, 3.63) is 17.8 Å². The Balaban J connectivity index is 0.000000561. The number of ether oxygens (including phenoxy) is 1. The number of aryl methyl sites for hydroxylation is 1. The largest absolute Gasteiger partial charge is 0.493 e. The summed E-state index contributed by atoms with van der Waals surface area (Å²) < 4.78 is 4.99. The summed E-state index contributed by atoms with van der Waals surface area (Å²) in [5.41, 5.74) is 6.51. The standard InChI is InChI=1S/C7H10N2O.C2H6/c1-5-3-4-9-7(8)6(5)10-2;1-2/h3-4H,1-2H3,(H2,8,9);1-2H3. The Morgan fingerprint density at radius 2 is 2.00 bits per heavy atom. The van der Waals surface area contributed by atoms with Gasteiger partial charge in [0.15, 0.2) is 11.6 Å². The molecule has 0 unspecified atom stereocenters. The number of nitrogens with two attached hydrogens (primary N) is 1. The molecule has 1 heterocycles. The van der Waals surface area contributed by atoms with Crippen LogP contribution in [-0.2, 0) is 0 Å². The van der Waals surface area contributed by atoms with E-state index in [0.717, 1.165) is 5.56 Å². The molecule has 0 saturated heterocycles. The van der Waals surface area contributed by atoms with Crippen LogP contribution in [0.2, 0.25) is 0 Å². The molecular formula is C9H16N2O. The van der Waals surface area contributed by atoms with E-state index in [1.807, 2.05) is 26.8 Å². The summed E-state index contributed by atoms with van der Waals surface area (Å²) in [6.07, 6.45) is 1.66. The highest BCUT2D eigenvalue weighted by Crippen LogP contribution is 2.21. The van der Waals surface area contributed by atoms with Crippen LogP contribution < -0.4 is 10.5 Å². The fourth-order valence-electron chi connectivity index (χ4n) is 0.831. The number of nitrogen functional groups attached to an aromatic ring is 1. The normalized spacial score (nSPS) is 8.33. The molecule has 1 aromatic rings. The zero-order valence-corrected chi connectivity index (χ0v) is 8.09. The second-order valence-corrected chi connectivity index (χ2v) is 2.05. The molecule has 0 radical (unpaired) electrons. The van der Waals surface area contributed by atoms with Crippen molar-refractivity contribution >= 4 is 5.82 Å². The van der Waals surface area contributed by atoms with Crippen LogP contribution in [0, 0.1) is 6.92 Å². The van der Waals surface area contributed by atoms with E-state index < -0.39 is 0 Å². The zero-order chi connectivity index (χ0) is 9.56. The molecule has 0 aromatic carbocycles. The predicted octanol–water partition coefficient (Wildman–Crippen LogP) is 2.01. The van der Waals surface area contributed by atoms with E-state index >= 15 is 0 Å². The molecule has 0 aliphatic rings. The predicted molar refractivity (Wildman–Crippen MR) is 51.3 cm³/mol. The molecule has 0 saturated carbocycles. The van der Waals surface area contributed by atoms with Crippen LogP contribution in [0.5, 0.6) is 5.75 Å². The van der Waals surface area contributed by atoms with Gasteiger partial charge in [0.1, 0.15) is 0 Å². The van der Waals surface area contributed by atoms with Gasteiger partial charge in [-0.1, -0.05) is 13.8 Å². The van der Waals surface area contributed by atoms with Crippen molar-refractivity contribution in [2.75, 3.05) is 12.8 Å². The molecule has 68 valence electrons. The van der Waals surface area contributed by atoms with Gasteiger partial charge < -0.3 is 10.5 Å². The van der Waals surface area contributed by atoms with Crippen molar-refractivity contribution in [2.24, 2.45) is 0 Å².